The summed E-state index contributed by atoms with van der Waals surface area (Å²) in [6.45, 7) is 4.31. The molecular formula is C11H21N3O2S. The minimum atomic E-state index is -2.87. The molecule has 0 bridgehead atoms. The average Bonchev–Trinajstić information content (AvgIpc) is 2.76. The van der Waals surface area contributed by atoms with Crippen molar-refractivity contribution in [1.82, 2.24) is 9.78 Å². The molecule has 1 aromatic rings. The minimum Gasteiger partial charge on any atom is -0.324 e. The molecule has 0 fully saturated rings. The van der Waals surface area contributed by atoms with E-state index < -0.39 is 9.84 Å². The summed E-state index contributed by atoms with van der Waals surface area (Å²) in [6, 6.07) is 0.0168. The molecule has 0 radical (unpaired) electrons. The molecule has 1 atom stereocenters. The van der Waals surface area contributed by atoms with Gasteiger partial charge in [-0.25, -0.2) is 8.42 Å². The van der Waals surface area contributed by atoms with E-state index in [2.05, 4.69) is 5.10 Å². The monoisotopic (exact) mass is 259 g/mol. The van der Waals surface area contributed by atoms with Crippen molar-refractivity contribution in [2.75, 3.05) is 11.5 Å². The summed E-state index contributed by atoms with van der Waals surface area (Å²) >= 11 is 0. The van der Waals surface area contributed by atoms with Crippen LogP contribution in [-0.4, -0.2) is 29.7 Å². The summed E-state index contributed by atoms with van der Waals surface area (Å²) in [7, 11) is -2.87. The zero-order valence-corrected chi connectivity index (χ0v) is 11.3. The van der Waals surface area contributed by atoms with Crippen LogP contribution in [-0.2, 0) is 16.4 Å². The first-order valence-corrected chi connectivity index (χ1v) is 7.79. The van der Waals surface area contributed by atoms with E-state index in [4.69, 9.17) is 5.73 Å². The Morgan fingerprint density at radius 3 is 2.76 bits per heavy atom. The Balaban J connectivity index is 2.45. The van der Waals surface area contributed by atoms with Crippen molar-refractivity contribution in [3.8, 4) is 0 Å². The minimum absolute atomic E-state index is 0.0168. The SMILES string of the molecule is CCC(N)c1cnn(CCCS(=O)(=O)CC)c1. The number of nitrogens with zero attached hydrogens (tertiary/aromatic N) is 2. The van der Waals surface area contributed by atoms with Crippen LogP contribution in [0.5, 0.6) is 0 Å². The van der Waals surface area contributed by atoms with Crippen LogP contribution in [0.25, 0.3) is 0 Å². The third kappa shape index (κ3) is 4.47. The molecule has 0 saturated carbocycles. The predicted molar refractivity (Wildman–Crippen MR) is 68.4 cm³/mol. The molecule has 17 heavy (non-hydrogen) atoms. The van der Waals surface area contributed by atoms with Crippen LogP contribution in [0.4, 0.5) is 0 Å². The molecule has 0 aromatic carbocycles. The summed E-state index contributed by atoms with van der Waals surface area (Å²) in [4.78, 5) is 0. The maximum absolute atomic E-state index is 11.3. The van der Waals surface area contributed by atoms with Crippen molar-refractivity contribution < 1.29 is 8.42 Å². The first kappa shape index (κ1) is 14.2. The van der Waals surface area contributed by atoms with Gasteiger partial charge in [-0.2, -0.15) is 5.10 Å². The molecule has 6 heteroatoms. The lowest BCUT2D eigenvalue weighted by atomic mass is 10.1. The number of aromatic nitrogens is 2. The molecule has 0 aliphatic heterocycles. The van der Waals surface area contributed by atoms with E-state index in [-0.39, 0.29) is 17.5 Å². The first-order valence-electron chi connectivity index (χ1n) is 5.97. The number of hydrogen-bond acceptors (Lipinski definition) is 4. The Morgan fingerprint density at radius 1 is 1.47 bits per heavy atom. The Labute approximate surface area is 103 Å². The molecule has 0 aliphatic rings. The lowest BCUT2D eigenvalue weighted by Crippen LogP contribution is -2.11. The normalized spacial score (nSPS) is 13.8. The van der Waals surface area contributed by atoms with Crippen molar-refractivity contribution >= 4 is 9.84 Å². The highest BCUT2D eigenvalue weighted by Crippen LogP contribution is 2.12. The molecule has 2 N–H and O–H groups in total. The average molecular weight is 259 g/mol. The third-order valence-electron chi connectivity index (χ3n) is 2.80. The van der Waals surface area contributed by atoms with Gasteiger partial charge in [0.05, 0.1) is 11.9 Å². The summed E-state index contributed by atoms with van der Waals surface area (Å²) in [5, 5.41) is 4.17. The van der Waals surface area contributed by atoms with Gasteiger partial charge >= 0.3 is 0 Å². The molecule has 1 aromatic heterocycles. The summed E-state index contributed by atoms with van der Waals surface area (Å²) in [5.41, 5.74) is 6.88. The highest BCUT2D eigenvalue weighted by Gasteiger charge is 2.08. The van der Waals surface area contributed by atoms with Gasteiger partial charge in [0, 0.05) is 30.1 Å². The quantitative estimate of drug-likeness (QED) is 0.796. The Hall–Kier alpha value is -0.880. The van der Waals surface area contributed by atoms with Crippen molar-refractivity contribution in [3.05, 3.63) is 18.0 Å². The maximum Gasteiger partial charge on any atom is 0.150 e. The van der Waals surface area contributed by atoms with Crippen LogP contribution >= 0.6 is 0 Å². The second-order valence-corrected chi connectivity index (χ2v) is 6.61. The van der Waals surface area contributed by atoms with Gasteiger partial charge in [-0.15, -0.1) is 0 Å². The van der Waals surface area contributed by atoms with Crippen LogP contribution < -0.4 is 5.73 Å². The maximum atomic E-state index is 11.3. The van der Waals surface area contributed by atoms with E-state index in [1.165, 1.54) is 0 Å². The van der Waals surface area contributed by atoms with Gasteiger partial charge < -0.3 is 5.73 Å². The van der Waals surface area contributed by atoms with Gasteiger partial charge in [0.25, 0.3) is 0 Å². The smallest absolute Gasteiger partial charge is 0.150 e. The van der Waals surface area contributed by atoms with E-state index in [1.807, 2.05) is 13.1 Å². The van der Waals surface area contributed by atoms with Crippen LogP contribution in [0.2, 0.25) is 0 Å². The molecule has 0 spiro atoms. The van der Waals surface area contributed by atoms with Crippen molar-refractivity contribution in [1.29, 1.82) is 0 Å². The molecule has 1 unspecified atom stereocenters. The molecule has 0 amide bonds. The summed E-state index contributed by atoms with van der Waals surface area (Å²) < 4.78 is 24.4. The zero-order chi connectivity index (χ0) is 12.9. The highest BCUT2D eigenvalue weighted by molar-refractivity contribution is 7.91. The number of nitrogens with two attached hydrogens (primary N) is 1. The van der Waals surface area contributed by atoms with Crippen LogP contribution in [0.3, 0.4) is 0 Å². The Kier molecular flexibility index (Phi) is 5.14. The van der Waals surface area contributed by atoms with Crippen molar-refractivity contribution in [3.63, 3.8) is 0 Å². The first-order chi connectivity index (χ1) is 7.98. The standard InChI is InChI=1S/C11H21N3O2S/c1-3-11(12)10-8-13-14(9-10)6-5-7-17(15,16)4-2/h8-9,11H,3-7,12H2,1-2H3. The fourth-order valence-electron chi connectivity index (χ4n) is 1.52. The van der Waals surface area contributed by atoms with E-state index in [1.54, 1.807) is 17.8 Å². The summed E-state index contributed by atoms with van der Waals surface area (Å²) in [6.07, 6.45) is 5.11. The summed E-state index contributed by atoms with van der Waals surface area (Å²) in [5.74, 6) is 0.427. The van der Waals surface area contributed by atoms with Crippen molar-refractivity contribution in [2.45, 2.75) is 39.3 Å². The molecule has 1 rings (SSSR count). The molecule has 0 aliphatic carbocycles. The Bertz CT molecular complexity index is 439. The third-order valence-corrected chi connectivity index (χ3v) is 4.59. The second-order valence-electron chi connectivity index (χ2n) is 4.14. The number of aryl methyl sites for hydroxylation is 1. The van der Waals surface area contributed by atoms with Crippen molar-refractivity contribution in [2.24, 2.45) is 5.73 Å². The van der Waals surface area contributed by atoms with Gasteiger partial charge in [0.1, 0.15) is 9.84 Å². The van der Waals surface area contributed by atoms with Crippen LogP contribution in [0.1, 0.15) is 38.3 Å². The van der Waals surface area contributed by atoms with Crippen LogP contribution in [0.15, 0.2) is 12.4 Å². The molecule has 1 heterocycles. The molecule has 98 valence electrons. The Morgan fingerprint density at radius 2 is 2.18 bits per heavy atom. The number of hydrogen-bond donors (Lipinski definition) is 1. The lowest BCUT2D eigenvalue weighted by Gasteiger charge is -2.04. The largest absolute Gasteiger partial charge is 0.324 e. The van der Waals surface area contributed by atoms with Gasteiger partial charge in [-0.1, -0.05) is 13.8 Å². The van der Waals surface area contributed by atoms with E-state index in [0.29, 0.717) is 13.0 Å². The second kappa shape index (κ2) is 6.16. The zero-order valence-electron chi connectivity index (χ0n) is 10.5. The molecule has 5 nitrogen and oxygen atoms in total. The fraction of sp³-hybridized carbons (Fsp3) is 0.727. The molecule has 0 saturated heterocycles. The number of sulfone groups is 1. The fourth-order valence-corrected chi connectivity index (χ4v) is 2.38. The number of rotatable bonds is 7. The van der Waals surface area contributed by atoms with Crippen LogP contribution in [0, 0.1) is 0 Å². The van der Waals surface area contributed by atoms with Gasteiger partial charge in [-0.3, -0.25) is 4.68 Å². The van der Waals surface area contributed by atoms with Gasteiger partial charge in [0.15, 0.2) is 0 Å². The van der Waals surface area contributed by atoms with E-state index in [9.17, 15) is 8.42 Å². The lowest BCUT2D eigenvalue weighted by molar-refractivity contribution is 0.572. The molecular weight excluding hydrogens is 238 g/mol. The predicted octanol–water partition coefficient (Wildman–Crippen LogP) is 1.12. The van der Waals surface area contributed by atoms with Gasteiger partial charge in [-0.05, 0) is 12.8 Å². The van der Waals surface area contributed by atoms with E-state index in [0.717, 1.165) is 12.0 Å². The van der Waals surface area contributed by atoms with Gasteiger partial charge in [0.2, 0.25) is 0 Å². The van der Waals surface area contributed by atoms with E-state index >= 15 is 0 Å². The topological polar surface area (TPSA) is 78.0 Å². The highest BCUT2D eigenvalue weighted by atomic mass is 32.2.